The molecule has 184 valence electrons. The number of hydrogen-bond acceptors (Lipinski definition) is 6. The van der Waals surface area contributed by atoms with Crippen molar-refractivity contribution in [3.8, 4) is 23.3 Å². The number of nitriles is 2. The van der Waals surface area contributed by atoms with Gasteiger partial charge in [0, 0.05) is 38.9 Å². The van der Waals surface area contributed by atoms with Crippen LogP contribution < -0.4 is 5.32 Å². The van der Waals surface area contributed by atoms with E-state index in [9.17, 15) is 14.9 Å². The molecular weight excluding hydrogens is 473 g/mol. The fourth-order valence-electron chi connectivity index (χ4n) is 4.28. The zero-order chi connectivity index (χ0) is 25.5. The van der Waals surface area contributed by atoms with Crippen LogP contribution in [0.3, 0.4) is 0 Å². The normalized spacial score (nSPS) is 14.8. The number of nitrogens with zero attached hydrogens (tertiary/aromatic N) is 5. The summed E-state index contributed by atoms with van der Waals surface area (Å²) < 4.78 is 15.1. The molecule has 2 N–H and O–H groups in total. The van der Waals surface area contributed by atoms with Gasteiger partial charge in [0.05, 0.1) is 29.0 Å². The fraction of sp³-hybridized carbons (Fsp3) is 0.333. The minimum atomic E-state index is -0.467. The Morgan fingerprint density at radius 3 is 2.67 bits per heavy atom. The molecule has 0 bridgehead atoms. The van der Waals surface area contributed by atoms with Gasteiger partial charge in [0.15, 0.2) is 0 Å². The highest BCUT2D eigenvalue weighted by atomic mass is 32.2. The predicted molar refractivity (Wildman–Crippen MR) is 138 cm³/mol. The van der Waals surface area contributed by atoms with Crippen LogP contribution in [0.25, 0.3) is 16.6 Å². The number of nitrogens with one attached hydrogen (secondary N) is 2. The van der Waals surface area contributed by atoms with Crippen molar-refractivity contribution in [1.82, 2.24) is 25.1 Å². The molecule has 1 unspecified atom stereocenters. The number of aromatic amines is 1. The van der Waals surface area contributed by atoms with E-state index in [1.54, 1.807) is 16.8 Å². The molecule has 0 amide bonds. The molecule has 7 nitrogen and oxygen atoms in total. The number of aromatic nitrogens is 4. The van der Waals surface area contributed by atoms with Gasteiger partial charge >= 0.3 is 0 Å². The molecule has 1 fully saturated rings. The summed E-state index contributed by atoms with van der Waals surface area (Å²) >= 11 is 1.30. The second-order valence-electron chi connectivity index (χ2n) is 8.75. The summed E-state index contributed by atoms with van der Waals surface area (Å²) in [5, 5.41) is 33.5. The first-order chi connectivity index (χ1) is 17.5. The first-order valence-corrected chi connectivity index (χ1v) is 12.9. The molecule has 4 heterocycles. The lowest BCUT2D eigenvalue weighted by Crippen LogP contribution is -2.20. The van der Waals surface area contributed by atoms with Crippen LogP contribution in [0.5, 0.6) is 0 Å². The number of unbranched alkanes of at least 4 members (excludes halogenated alkanes) is 1. The van der Waals surface area contributed by atoms with Gasteiger partial charge in [-0.2, -0.15) is 20.7 Å². The van der Waals surface area contributed by atoms with Gasteiger partial charge in [-0.3, -0.25) is 5.10 Å². The highest BCUT2D eigenvalue weighted by Crippen LogP contribution is 2.37. The van der Waals surface area contributed by atoms with Crippen molar-refractivity contribution in [1.29, 1.82) is 10.5 Å². The molecule has 1 saturated heterocycles. The molecule has 0 radical (unpaired) electrons. The van der Waals surface area contributed by atoms with Crippen molar-refractivity contribution in [3.63, 3.8) is 0 Å². The predicted octanol–water partition coefficient (Wildman–Crippen LogP) is 6.00. The highest BCUT2D eigenvalue weighted by molar-refractivity contribution is 7.99. The Bertz CT molecular complexity index is 1420. The Balaban J connectivity index is 0.000000286. The van der Waals surface area contributed by atoms with Crippen LogP contribution in [0.1, 0.15) is 55.8 Å². The van der Waals surface area contributed by atoms with Crippen LogP contribution >= 0.6 is 11.8 Å². The Morgan fingerprint density at radius 2 is 2.00 bits per heavy atom. The van der Waals surface area contributed by atoms with Crippen LogP contribution in [0.2, 0.25) is 0 Å². The molecule has 4 aromatic rings. The summed E-state index contributed by atoms with van der Waals surface area (Å²) in [5.74, 6) is -0.467. The number of benzene rings is 1. The van der Waals surface area contributed by atoms with E-state index in [1.165, 1.54) is 68.7 Å². The molecule has 9 heteroatoms. The summed E-state index contributed by atoms with van der Waals surface area (Å²) in [6, 6.07) is 11.0. The van der Waals surface area contributed by atoms with Gasteiger partial charge in [-0.05, 0) is 57.0 Å². The average molecular weight is 502 g/mol. The number of rotatable bonds is 6. The monoisotopic (exact) mass is 501 g/mol. The topological polar surface area (TPSA) is 106 Å². The number of aryl methyl sites for hydroxylation is 1. The molecule has 36 heavy (non-hydrogen) atoms. The van der Waals surface area contributed by atoms with Gasteiger partial charge in [0.25, 0.3) is 0 Å². The first kappa shape index (κ1) is 25.4. The van der Waals surface area contributed by atoms with Gasteiger partial charge in [-0.25, -0.2) is 8.91 Å². The summed E-state index contributed by atoms with van der Waals surface area (Å²) in [7, 11) is 0. The molecule has 1 aliphatic heterocycles. The summed E-state index contributed by atoms with van der Waals surface area (Å²) in [6.45, 7) is 5.43. The minimum Gasteiger partial charge on any atom is -0.314 e. The lowest BCUT2D eigenvalue weighted by Gasteiger charge is -2.09. The maximum Gasteiger partial charge on any atom is 0.124 e. The number of hydrogen-bond donors (Lipinski definition) is 2. The third-order valence-electron chi connectivity index (χ3n) is 6.19. The second kappa shape index (κ2) is 11.9. The maximum absolute atomic E-state index is 13.5. The van der Waals surface area contributed by atoms with Crippen molar-refractivity contribution < 1.29 is 4.39 Å². The molecule has 0 aliphatic carbocycles. The van der Waals surface area contributed by atoms with Crippen molar-refractivity contribution in [2.45, 2.75) is 61.8 Å². The molecule has 3 aromatic heterocycles. The Labute approximate surface area is 214 Å². The van der Waals surface area contributed by atoms with E-state index in [1.807, 2.05) is 25.3 Å². The number of pyridine rings is 1. The molecular formula is C27H28FN7S. The summed E-state index contributed by atoms with van der Waals surface area (Å²) in [6.07, 6.45) is 12.0. The van der Waals surface area contributed by atoms with Crippen molar-refractivity contribution in [2.24, 2.45) is 0 Å². The van der Waals surface area contributed by atoms with Crippen LogP contribution in [0, 0.1) is 35.4 Å². The van der Waals surface area contributed by atoms with Gasteiger partial charge in [0.2, 0.25) is 0 Å². The third kappa shape index (κ3) is 5.76. The van der Waals surface area contributed by atoms with E-state index in [-0.39, 0.29) is 5.56 Å². The second-order valence-corrected chi connectivity index (χ2v) is 9.84. The van der Waals surface area contributed by atoms with E-state index in [2.05, 4.69) is 33.6 Å². The van der Waals surface area contributed by atoms with Gasteiger partial charge in [-0.1, -0.05) is 31.5 Å². The first-order valence-electron chi connectivity index (χ1n) is 12.1. The van der Waals surface area contributed by atoms with Crippen LogP contribution in [-0.2, 0) is 0 Å². The Kier molecular flexibility index (Phi) is 8.37. The largest absolute Gasteiger partial charge is 0.314 e. The molecule has 1 aliphatic rings. The zero-order valence-electron chi connectivity index (χ0n) is 20.4. The van der Waals surface area contributed by atoms with Gasteiger partial charge < -0.3 is 5.32 Å². The van der Waals surface area contributed by atoms with E-state index < -0.39 is 5.82 Å². The van der Waals surface area contributed by atoms with Crippen molar-refractivity contribution in [2.75, 3.05) is 6.54 Å². The van der Waals surface area contributed by atoms with Crippen LogP contribution in [0.15, 0.2) is 52.6 Å². The average Bonchev–Trinajstić information content (AvgIpc) is 3.65. The number of halogens is 1. The lowest BCUT2D eigenvalue weighted by molar-refractivity contribution is 0.532. The van der Waals surface area contributed by atoms with Crippen LogP contribution in [-0.4, -0.2) is 32.4 Å². The molecule has 5 rings (SSSR count). The summed E-state index contributed by atoms with van der Waals surface area (Å²) in [4.78, 5) is 1.34. The standard InChI is InChI=1S/C19H11FN6S.C8H17N/c1-11-16(9-23-25-11)13-5-18(19-14(7-22)8-24-26(19)10-13)27-17-3-2-15(20)4-12(17)6-21;1-2-3-5-8-6-4-7-9-8/h2-5,8-10H,1H3,(H,23,25);8-9H,2-7H2,1H3. The molecule has 0 saturated carbocycles. The highest BCUT2D eigenvalue weighted by Gasteiger charge is 2.16. The smallest absolute Gasteiger partial charge is 0.124 e. The molecule has 1 atom stereocenters. The zero-order valence-corrected chi connectivity index (χ0v) is 21.2. The SMILES string of the molecule is CCCCC1CCCN1.Cc1[nH]ncc1-c1cc(Sc2ccc(F)cc2C#N)c2c(C#N)cnn2c1. The molecule has 0 spiro atoms. The van der Waals surface area contributed by atoms with Crippen molar-refractivity contribution in [3.05, 3.63) is 65.5 Å². The van der Waals surface area contributed by atoms with Gasteiger partial charge in [0.1, 0.15) is 18.0 Å². The third-order valence-corrected chi connectivity index (χ3v) is 7.30. The van der Waals surface area contributed by atoms with E-state index in [0.717, 1.165) is 27.8 Å². The van der Waals surface area contributed by atoms with Crippen molar-refractivity contribution >= 4 is 17.3 Å². The fourth-order valence-corrected chi connectivity index (χ4v) is 5.36. The van der Waals surface area contributed by atoms with E-state index in [0.29, 0.717) is 16.0 Å². The van der Waals surface area contributed by atoms with E-state index >= 15 is 0 Å². The Morgan fingerprint density at radius 1 is 1.17 bits per heavy atom. The van der Waals surface area contributed by atoms with E-state index in [4.69, 9.17) is 0 Å². The summed E-state index contributed by atoms with van der Waals surface area (Å²) in [5.41, 5.74) is 3.98. The maximum atomic E-state index is 13.5. The lowest BCUT2D eigenvalue weighted by atomic mass is 10.1. The Hall–Kier alpha value is -3.66. The molecule has 1 aromatic carbocycles. The number of fused-ring (bicyclic) bond motifs is 1. The quantitative estimate of drug-likeness (QED) is 0.336. The van der Waals surface area contributed by atoms with Crippen LogP contribution in [0.4, 0.5) is 4.39 Å². The number of H-pyrrole nitrogens is 1. The van der Waals surface area contributed by atoms with Gasteiger partial charge in [-0.15, -0.1) is 0 Å². The minimum absolute atomic E-state index is 0.237.